The van der Waals surface area contributed by atoms with E-state index in [1.807, 2.05) is 18.2 Å². The smallest absolute Gasteiger partial charge is 0.328 e. The summed E-state index contributed by atoms with van der Waals surface area (Å²) in [7, 11) is 1.61. The molecule has 3 heterocycles. The van der Waals surface area contributed by atoms with Crippen LogP contribution >= 0.6 is 0 Å². The summed E-state index contributed by atoms with van der Waals surface area (Å²) >= 11 is 0. The van der Waals surface area contributed by atoms with Crippen LogP contribution in [0.5, 0.6) is 11.6 Å². The number of rotatable bonds is 2. The molecule has 5 N–H and O–H groups in total. The summed E-state index contributed by atoms with van der Waals surface area (Å²) in [5.41, 5.74) is 1.54. The molecule has 1 aromatic carbocycles. The van der Waals surface area contributed by atoms with Crippen molar-refractivity contribution in [2.24, 2.45) is 0 Å². The Kier molecular flexibility index (Phi) is 3.20. The molecule has 24 heavy (non-hydrogen) atoms. The molecule has 0 radical (unpaired) electrons. The van der Waals surface area contributed by atoms with Gasteiger partial charge in [0.1, 0.15) is 11.3 Å². The van der Waals surface area contributed by atoms with Gasteiger partial charge >= 0.3 is 5.69 Å². The maximum Gasteiger partial charge on any atom is 0.328 e. The van der Waals surface area contributed by atoms with Crippen molar-refractivity contribution in [1.29, 1.82) is 0 Å². The maximum absolute atomic E-state index is 12.2. The van der Waals surface area contributed by atoms with Gasteiger partial charge in [0.25, 0.3) is 5.56 Å². The highest BCUT2D eigenvalue weighted by atomic mass is 16.5. The van der Waals surface area contributed by atoms with Crippen LogP contribution in [-0.4, -0.2) is 33.7 Å². The van der Waals surface area contributed by atoms with Gasteiger partial charge in [0.15, 0.2) is 0 Å². The second-order valence-electron chi connectivity index (χ2n) is 5.74. The maximum atomic E-state index is 12.2. The van der Waals surface area contributed by atoms with E-state index in [9.17, 15) is 14.7 Å². The zero-order valence-electron chi connectivity index (χ0n) is 12.9. The lowest BCUT2D eigenvalue weighted by Gasteiger charge is -2.24. The molecule has 1 atom stereocenters. The van der Waals surface area contributed by atoms with Gasteiger partial charge in [-0.05, 0) is 30.2 Å². The largest absolute Gasteiger partial charge is 0.497 e. The van der Waals surface area contributed by atoms with Crippen molar-refractivity contribution in [3.63, 3.8) is 0 Å². The van der Waals surface area contributed by atoms with Crippen molar-refractivity contribution in [2.75, 3.05) is 13.7 Å². The first-order chi connectivity index (χ1) is 11.6. The van der Waals surface area contributed by atoms with Gasteiger partial charge in [-0.25, -0.2) is 4.79 Å². The van der Waals surface area contributed by atoms with E-state index in [-0.39, 0.29) is 5.56 Å². The van der Waals surface area contributed by atoms with Gasteiger partial charge in [-0.2, -0.15) is 0 Å². The Bertz CT molecular complexity index is 1050. The highest BCUT2D eigenvalue weighted by molar-refractivity contribution is 5.86. The minimum atomic E-state index is -0.737. The van der Waals surface area contributed by atoms with Crippen molar-refractivity contribution in [1.82, 2.24) is 20.3 Å². The number of H-pyrrole nitrogens is 3. The fraction of sp³-hybridized carbons (Fsp3) is 0.250. The molecular formula is C16H16N4O4. The highest BCUT2D eigenvalue weighted by Crippen LogP contribution is 2.35. The molecule has 0 aliphatic carbocycles. The van der Waals surface area contributed by atoms with E-state index in [4.69, 9.17) is 4.74 Å². The highest BCUT2D eigenvalue weighted by Gasteiger charge is 2.29. The van der Waals surface area contributed by atoms with Crippen molar-refractivity contribution in [3.8, 4) is 11.6 Å². The Morgan fingerprint density at radius 3 is 2.79 bits per heavy atom. The lowest BCUT2D eigenvalue weighted by molar-refractivity contribution is 0.415. The van der Waals surface area contributed by atoms with E-state index in [0.29, 0.717) is 6.54 Å². The summed E-state index contributed by atoms with van der Waals surface area (Å²) in [6.45, 7) is 0.639. The number of hydrogen-bond donors (Lipinski definition) is 5. The van der Waals surface area contributed by atoms with E-state index in [1.165, 1.54) is 0 Å². The summed E-state index contributed by atoms with van der Waals surface area (Å²) in [4.78, 5) is 31.2. The third kappa shape index (κ3) is 2.11. The third-order valence-corrected chi connectivity index (χ3v) is 4.41. The zero-order chi connectivity index (χ0) is 16.8. The van der Waals surface area contributed by atoms with Gasteiger partial charge in [-0.15, -0.1) is 0 Å². The van der Waals surface area contributed by atoms with Gasteiger partial charge in [-0.1, -0.05) is 0 Å². The number of ether oxygens (including phenoxy) is 1. The van der Waals surface area contributed by atoms with Crippen LogP contribution in [0.25, 0.3) is 10.9 Å². The van der Waals surface area contributed by atoms with E-state index in [1.54, 1.807) is 7.11 Å². The summed E-state index contributed by atoms with van der Waals surface area (Å²) in [6, 6.07) is 5.19. The number of methoxy groups -OCH3 is 1. The van der Waals surface area contributed by atoms with E-state index >= 15 is 0 Å². The molecule has 3 aromatic rings. The normalized spacial score (nSPS) is 17.0. The third-order valence-electron chi connectivity index (χ3n) is 4.41. The van der Waals surface area contributed by atoms with Gasteiger partial charge < -0.3 is 20.1 Å². The summed E-state index contributed by atoms with van der Waals surface area (Å²) < 4.78 is 5.28. The topological polar surface area (TPSA) is 123 Å². The van der Waals surface area contributed by atoms with Crippen molar-refractivity contribution < 1.29 is 9.84 Å². The lowest BCUT2D eigenvalue weighted by Crippen LogP contribution is -2.36. The minimum Gasteiger partial charge on any atom is -0.497 e. The summed E-state index contributed by atoms with van der Waals surface area (Å²) in [5, 5.41) is 14.3. The molecule has 1 aliphatic heterocycles. The van der Waals surface area contributed by atoms with Gasteiger partial charge in [0.2, 0.25) is 5.88 Å². The molecule has 8 nitrogen and oxygen atoms in total. The molecule has 0 saturated heterocycles. The minimum absolute atomic E-state index is 0.0917. The second kappa shape index (κ2) is 5.27. The molecule has 0 saturated carbocycles. The van der Waals surface area contributed by atoms with E-state index < -0.39 is 23.2 Å². The summed E-state index contributed by atoms with van der Waals surface area (Å²) in [5.74, 6) is 0.328. The number of fused-ring (bicyclic) bond motifs is 3. The van der Waals surface area contributed by atoms with Crippen LogP contribution < -0.4 is 21.3 Å². The van der Waals surface area contributed by atoms with Gasteiger partial charge in [0, 0.05) is 23.1 Å². The van der Waals surface area contributed by atoms with Crippen LogP contribution in [0, 0.1) is 0 Å². The Hall–Kier alpha value is -3.00. The number of nitrogens with one attached hydrogen (secondary N) is 4. The number of aromatic amines is 3. The number of benzene rings is 1. The predicted octanol–water partition coefficient (Wildman–Crippen LogP) is 0.494. The molecule has 0 fully saturated rings. The van der Waals surface area contributed by atoms with Crippen LogP contribution in [0.1, 0.15) is 22.9 Å². The van der Waals surface area contributed by atoms with Crippen molar-refractivity contribution in [3.05, 3.63) is 55.9 Å². The van der Waals surface area contributed by atoms with E-state index in [0.717, 1.165) is 34.3 Å². The first-order valence-corrected chi connectivity index (χ1v) is 7.56. The zero-order valence-corrected chi connectivity index (χ0v) is 12.9. The standard InChI is InChI=1S/C16H16N4O4/c1-24-7-2-3-10-9(6-7)8-4-5-17-13(12(8)18-10)11-14(21)19-16(23)20-15(11)22/h2-3,6,13,17-18H,4-5H2,1H3,(H3,19,20,21,22,23)/t13-/m1/s1. The van der Waals surface area contributed by atoms with Crippen LogP contribution in [0.4, 0.5) is 0 Å². The Labute approximate surface area is 135 Å². The second-order valence-corrected chi connectivity index (χ2v) is 5.74. The number of hydrogen-bond acceptors (Lipinski definition) is 5. The molecule has 0 bridgehead atoms. The Balaban J connectivity index is 1.94. The molecule has 1 aliphatic rings. The quantitative estimate of drug-likeness (QED) is 0.468. The molecule has 0 spiro atoms. The number of aromatic hydroxyl groups is 1. The molecule has 4 rings (SSSR count). The Morgan fingerprint density at radius 2 is 2.04 bits per heavy atom. The molecular weight excluding hydrogens is 312 g/mol. The van der Waals surface area contributed by atoms with E-state index in [2.05, 4.69) is 20.3 Å². The average molecular weight is 328 g/mol. The lowest BCUT2D eigenvalue weighted by atomic mass is 9.95. The fourth-order valence-electron chi connectivity index (χ4n) is 3.33. The molecule has 0 unspecified atom stereocenters. The SMILES string of the molecule is COc1ccc2[nH]c3c(c2c1)CCN[C@@H]3c1c(O)[nH]c(=O)[nH]c1=O. The first kappa shape index (κ1) is 14.6. The first-order valence-electron chi connectivity index (χ1n) is 7.56. The van der Waals surface area contributed by atoms with Crippen LogP contribution in [0.15, 0.2) is 27.8 Å². The van der Waals surface area contributed by atoms with Crippen molar-refractivity contribution in [2.45, 2.75) is 12.5 Å². The fourth-order valence-corrected chi connectivity index (χ4v) is 3.33. The van der Waals surface area contributed by atoms with Gasteiger partial charge in [-0.3, -0.25) is 14.8 Å². The molecule has 124 valence electrons. The molecule has 2 aromatic heterocycles. The predicted molar refractivity (Wildman–Crippen MR) is 87.7 cm³/mol. The monoisotopic (exact) mass is 328 g/mol. The van der Waals surface area contributed by atoms with Crippen LogP contribution in [0.2, 0.25) is 0 Å². The number of aromatic nitrogens is 3. The Morgan fingerprint density at radius 1 is 1.21 bits per heavy atom. The van der Waals surface area contributed by atoms with Crippen LogP contribution in [-0.2, 0) is 6.42 Å². The molecule has 8 heteroatoms. The van der Waals surface area contributed by atoms with Crippen molar-refractivity contribution >= 4 is 10.9 Å². The summed E-state index contributed by atoms with van der Waals surface area (Å²) in [6.07, 6.45) is 0.779. The average Bonchev–Trinajstić information content (AvgIpc) is 2.92. The van der Waals surface area contributed by atoms with Crippen LogP contribution in [0.3, 0.4) is 0 Å². The molecule has 0 amide bonds. The van der Waals surface area contributed by atoms with Gasteiger partial charge in [0.05, 0.1) is 13.2 Å².